The maximum absolute atomic E-state index is 12.2. The number of hydrogen-bond donors (Lipinski definition) is 0. The number of hydrogen-bond acceptors (Lipinski definition) is 4. The fourth-order valence-corrected chi connectivity index (χ4v) is 2.86. The van der Waals surface area contributed by atoms with Crippen LogP contribution in [-0.4, -0.2) is 21.6 Å². The Balaban J connectivity index is 2.00. The molecule has 0 amide bonds. The molecular weight excluding hydrogens is 302 g/mol. The number of carbonyl (C=O) groups excluding carboxylic acids is 1. The second-order valence-corrected chi connectivity index (χ2v) is 6.51. The second kappa shape index (κ2) is 6.07. The van der Waals surface area contributed by atoms with Gasteiger partial charge in [-0.05, 0) is 38.0 Å². The van der Waals surface area contributed by atoms with Crippen LogP contribution in [0.1, 0.15) is 47.7 Å². The van der Waals surface area contributed by atoms with Gasteiger partial charge in [-0.3, -0.25) is 4.68 Å². The van der Waals surface area contributed by atoms with Crippen molar-refractivity contribution in [3.05, 3.63) is 58.0 Å². The quantitative estimate of drug-likeness (QED) is 0.641. The molecule has 0 saturated heterocycles. The maximum atomic E-state index is 12.2. The van der Waals surface area contributed by atoms with Crippen molar-refractivity contribution >= 4 is 17.9 Å². The highest BCUT2D eigenvalue weighted by Gasteiger charge is 2.25. The number of nitrogens with zero attached hydrogens (tertiary/aromatic N) is 3. The van der Waals surface area contributed by atoms with Crippen LogP contribution < -0.4 is 0 Å². The number of aromatic nitrogens is 2. The van der Waals surface area contributed by atoms with Gasteiger partial charge in [0.25, 0.3) is 0 Å². The molecule has 5 heteroatoms. The standard InChI is InChI=1S/C19H21N3O2/c1-11(2)17-15(10-22(5)21-17)9-16-19(23)24-18(20-16)14-7-12(3)6-13(4)8-14/h6-11H,1-5H3/b16-9-. The van der Waals surface area contributed by atoms with Crippen molar-refractivity contribution in [3.8, 4) is 0 Å². The number of esters is 1. The van der Waals surface area contributed by atoms with Crippen LogP contribution in [0.5, 0.6) is 0 Å². The first-order valence-corrected chi connectivity index (χ1v) is 7.98. The van der Waals surface area contributed by atoms with Crippen molar-refractivity contribution in [1.29, 1.82) is 0 Å². The summed E-state index contributed by atoms with van der Waals surface area (Å²) in [5.74, 6) is 0.189. The van der Waals surface area contributed by atoms with Crippen LogP contribution in [0.25, 0.3) is 6.08 Å². The van der Waals surface area contributed by atoms with E-state index >= 15 is 0 Å². The molecule has 0 radical (unpaired) electrons. The van der Waals surface area contributed by atoms with Crippen molar-refractivity contribution in [1.82, 2.24) is 9.78 Å². The highest BCUT2D eigenvalue weighted by molar-refractivity contribution is 6.13. The molecule has 0 N–H and O–H groups in total. The number of carbonyl (C=O) groups is 1. The molecule has 124 valence electrons. The number of aliphatic imine (C=N–C) groups is 1. The molecule has 0 saturated carbocycles. The summed E-state index contributed by atoms with van der Waals surface area (Å²) in [7, 11) is 1.87. The van der Waals surface area contributed by atoms with Gasteiger partial charge in [0.2, 0.25) is 5.90 Å². The molecule has 0 aliphatic carbocycles. The highest BCUT2D eigenvalue weighted by atomic mass is 16.6. The number of benzene rings is 1. The lowest BCUT2D eigenvalue weighted by Gasteiger charge is -2.03. The summed E-state index contributed by atoms with van der Waals surface area (Å²) >= 11 is 0. The molecule has 24 heavy (non-hydrogen) atoms. The van der Waals surface area contributed by atoms with Gasteiger partial charge in [-0.25, -0.2) is 9.79 Å². The molecule has 1 aliphatic rings. The summed E-state index contributed by atoms with van der Waals surface area (Å²) in [4.78, 5) is 16.6. The smallest absolute Gasteiger partial charge is 0.363 e. The third-order valence-corrected chi connectivity index (χ3v) is 3.82. The Morgan fingerprint density at radius 2 is 1.83 bits per heavy atom. The Morgan fingerprint density at radius 1 is 1.17 bits per heavy atom. The number of rotatable bonds is 3. The van der Waals surface area contributed by atoms with E-state index in [1.165, 1.54) is 0 Å². The van der Waals surface area contributed by atoms with Crippen molar-refractivity contribution in [3.63, 3.8) is 0 Å². The van der Waals surface area contributed by atoms with Crippen molar-refractivity contribution in [2.24, 2.45) is 12.0 Å². The summed E-state index contributed by atoms with van der Waals surface area (Å²) in [5.41, 5.74) is 5.17. The van der Waals surface area contributed by atoms with Gasteiger partial charge in [0.15, 0.2) is 5.70 Å². The van der Waals surface area contributed by atoms with Gasteiger partial charge in [0.05, 0.1) is 5.69 Å². The average Bonchev–Trinajstić information content (AvgIpc) is 3.02. The molecule has 0 fully saturated rings. The average molecular weight is 323 g/mol. The fraction of sp³-hybridized carbons (Fsp3) is 0.316. The first-order chi connectivity index (χ1) is 11.3. The van der Waals surface area contributed by atoms with E-state index in [9.17, 15) is 4.79 Å². The van der Waals surface area contributed by atoms with E-state index < -0.39 is 5.97 Å². The summed E-state index contributed by atoms with van der Waals surface area (Å²) in [6.07, 6.45) is 3.64. The number of cyclic esters (lactones) is 1. The van der Waals surface area contributed by atoms with Gasteiger partial charge in [-0.15, -0.1) is 0 Å². The molecule has 1 aromatic carbocycles. The van der Waals surface area contributed by atoms with Crippen LogP contribution in [0.15, 0.2) is 35.1 Å². The lowest BCUT2D eigenvalue weighted by atomic mass is 10.1. The van der Waals surface area contributed by atoms with Crippen LogP contribution in [0.4, 0.5) is 0 Å². The molecule has 0 unspecified atom stereocenters. The molecule has 0 atom stereocenters. The van der Waals surface area contributed by atoms with E-state index in [2.05, 4.69) is 30.0 Å². The molecule has 2 aromatic rings. The van der Waals surface area contributed by atoms with Gasteiger partial charge in [-0.2, -0.15) is 5.10 Å². The summed E-state index contributed by atoms with van der Waals surface area (Å²) in [6, 6.07) is 6.00. The van der Waals surface area contributed by atoms with Crippen molar-refractivity contribution < 1.29 is 9.53 Å². The molecule has 5 nitrogen and oxygen atoms in total. The first-order valence-electron chi connectivity index (χ1n) is 7.98. The second-order valence-electron chi connectivity index (χ2n) is 6.51. The van der Waals surface area contributed by atoms with Crippen LogP contribution in [0, 0.1) is 13.8 Å². The summed E-state index contributed by atoms with van der Waals surface area (Å²) in [5, 5.41) is 4.45. The number of ether oxygens (including phenoxy) is 1. The van der Waals surface area contributed by atoms with Gasteiger partial charge in [0.1, 0.15) is 0 Å². The zero-order valence-corrected chi connectivity index (χ0v) is 14.6. The van der Waals surface area contributed by atoms with E-state index in [0.717, 1.165) is 27.9 Å². The third-order valence-electron chi connectivity index (χ3n) is 3.82. The number of aryl methyl sites for hydroxylation is 3. The Morgan fingerprint density at radius 3 is 2.46 bits per heavy atom. The van der Waals surface area contributed by atoms with E-state index in [-0.39, 0.29) is 5.92 Å². The molecular formula is C19H21N3O2. The van der Waals surface area contributed by atoms with Gasteiger partial charge < -0.3 is 4.74 Å². The molecule has 1 aromatic heterocycles. The minimum Gasteiger partial charge on any atom is -0.402 e. The Labute approximate surface area is 141 Å². The monoisotopic (exact) mass is 323 g/mol. The van der Waals surface area contributed by atoms with Gasteiger partial charge in [0, 0.05) is 24.4 Å². The third kappa shape index (κ3) is 3.15. The largest absolute Gasteiger partial charge is 0.402 e. The molecule has 1 aliphatic heterocycles. The van der Waals surface area contributed by atoms with E-state index in [1.807, 2.05) is 39.2 Å². The fourth-order valence-electron chi connectivity index (χ4n) is 2.86. The highest BCUT2D eigenvalue weighted by Crippen LogP contribution is 2.24. The minimum atomic E-state index is -0.428. The zero-order chi connectivity index (χ0) is 17.4. The van der Waals surface area contributed by atoms with Crippen LogP contribution >= 0.6 is 0 Å². The minimum absolute atomic E-state index is 0.262. The molecule has 0 bridgehead atoms. The molecule has 0 spiro atoms. The van der Waals surface area contributed by atoms with Crippen molar-refractivity contribution in [2.75, 3.05) is 0 Å². The van der Waals surface area contributed by atoms with Crippen LogP contribution in [0.3, 0.4) is 0 Å². The zero-order valence-electron chi connectivity index (χ0n) is 14.6. The van der Waals surface area contributed by atoms with Crippen molar-refractivity contribution in [2.45, 2.75) is 33.6 Å². The summed E-state index contributed by atoms with van der Waals surface area (Å²) < 4.78 is 7.11. The first kappa shape index (κ1) is 16.2. The van der Waals surface area contributed by atoms with Crippen LogP contribution in [-0.2, 0) is 16.6 Å². The van der Waals surface area contributed by atoms with E-state index in [1.54, 1.807) is 10.8 Å². The maximum Gasteiger partial charge on any atom is 0.363 e. The Kier molecular flexibility index (Phi) is 4.09. The Bertz CT molecular complexity index is 852. The predicted octanol–water partition coefficient (Wildman–Crippen LogP) is 3.50. The Hall–Kier alpha value is -2.69. The van der Waals surface area contributed by atoms with Gasteiger partial charge in [-0.1, -0.05) is 31.0 Å². The molecule has 3 rings (SSSR count). The van der Waals surface area contributed by atoms with Crippen LogP contribution in [0.2, 0.25) is 0 Å². The topological polar surface area (TPSA) is 56.5 Å². The lowest BCUT2D eigenvalue weighted by Crippen LogP contribution is -2.06. The summed E-state index contributed by atoms with van der Waals surface area (Å²) in [6.45, 7) is 8.16. The predicted molar refractivity (Wildman–Crippen MR) is 93.8 cm³/mol. The van der Waals surface area contributed by atoms with Gasteiger partial charge >= 0.3 is 5.97 Å². The van der Waals surface area contributed by atoms with E-state index in [4.69, 9.17) is 4.74 Å². The normalized spacial score (nSPS) is 16.0. The lowest BCUT2D eigenvalue weighted by molar-refractivity contribution is -0.129. The molecule has 2 heterocycles. The van der Waals surface area contributed by atoms with E-state index in [0.29, 0.717) is 11.6 Å². The SMILES string of the molecule is Cc1cc(C)cc(C2=N/C(=C\c3cn(C)nc3C(C)C)C(=O)O2)c1.